The summed E-state index contributed by atoms with van der Waals surface area (Å²) in [4.78, 5) is 20.0. The van der Waals surface area contributed by atoms with Crippen LogP contribution in [0.25, 0.3) is 0 Å². The molecule has 0 aliphatic rings. The van der Waals surface area contributed by atoms with E-state index in [0.717, 1.165) is 12.1 Å². The molecule has 0 saturated carbocycles. The maximum atomic E-state index is 12.7. The number of hydrogen-bond donors (Lipinski definition) is 2. The van der Waals surface area contributed by atoms with E-state index in [1.165, 1.54) is 12.1 Å². The first-order chi connectivity index (χ1) is 11.3. The van der Waals surface area contributed by atoms with Gasteiger partial charge < -0.3 is 10.6 Å². The number of rotatable bonds is 4. The highest BCUT2D eigenvalue weighted by Crippen LogP contribution is 2.30. The molecule has 1 atom stereocenters. The van der Waals surface area contributed by atoms with Crippen molar-refractivity contribution in [3.8, 4) is 0 Å². The van der Waals surface area contributed by atoms with E-state index in [2.05, 4.69) is 20.6 Å². The Morgan fingerprint density at radius 2 is 2.04 bits per heavy atom. The Kier molecular flexibility index (Phi) is 5.38. The van der Waals surface area contributed by atoms with E-state index in [4.69, 9.17) is 0 Å². The van der Waals surface area contributed by atoms with Crippen molar-refractivity contribution in [1.29, 1.82) is 0 Å². The fraction of sp³-hybridized carbons (Fsp3) is 0.312. The summed E-state index contributed by atoms with van der Waals surface area (Å²) in [5, 5.41) is 5.21. The van der Waals surface area contributed by atoms with E-state index >= 15 is 0 Å². The number of carbonyl (C=O) groups is 1. The first kappa shape index (κ1) is 17.7. The number of carbonyl (C=O) groups excluding carboxylic acids is 1. The van der Waals surface area contributed by atoms with Gasteiger partial charge in [0.05, 0.1) is 23.8 Å². The molecule has 0 fully saturated rings. The van der Waals surface area contributed by atoms with Gasteiger partial charge in [0.25, 0.3) is 0 Å². The summed E-state index contributed by atoms with van der Waals surface area (Å²) in [6.45, 7) is 3.55. The number of urea groups is 1. The van der Waals surface area contributed by atoms with Crippen molar-refractivity contribution in [3.63, 3.8) is 0 Å². The van der Waals surface area contributed by atoms with E-state index < -0.39 is 23.8 Å². The summed E-state index contributed by atoms with van der Waals surface area (Å²) in [5.41, 5.74) is 0.271. The molecule has 0 saturated heterocycles. The van der Waals surface area contributed by atoms with Gasteiger partial charge in [-0.25, -0.2) is 14.8 Å². The Balaban J connectivity index is 1.94. The Labute approximate surface area is 137 Å². The molecule has 2 amide bonds. The van der Waals surface area contributed by atoms with Gasteiger partial charge in [-0.05, 0) is 37.6 Å². The molecule has 128 valence electrons. The standard InChI is InChI=1S/C16H17F3N4O/c1-10(12-4-3-5-13(8-12)16(17,18)19)22-15(24)21-9-14-6-7-20-11(2)23-14/h3-8,10H,9H2,1-2H3,(H2,21,22,24)/t10-/m0/s1. The largest absolute Gasteiger partial charge is 0.416 e. The van der Waals surface area contributed by atoms with Gasteiger partial charge in [-0.1, -0.05) is 12.1 Å². The summed E-state index contributed by atoms with van der Waals surface area (Å²) in [6, 6.07) is 5.48. The summed E-state index contributed by atoms with van der Waals surface area (Å²) in [6.07, 6.45) is -2.83. The van der Waals surface area contributed by atoms with Crippen molar-refractivity contribution < 1.29 is 18.0 Å². The number of nitrogens with one attached hydrogen (secondary N) is 2. The van der Waals surface area contributed by atoms with E-state index in [0.29, 0.717) is 17.1 Å². The molecule has 0 aliphatic carbocycles. The van der Waals surface area contributed by atoms with Crippen LogP contribution < -0.4 is 10.6 Å². The number of nitrogens with zero attached hydrogens (tertiary/aromatic N) is 2. The minimum absolute atomic E-state index is 0.199. The third-order valence-electron chi connectivity index (χ3n) is 3.33. The molecule has 0 aliphatic heterocycles. The number of amides is 2. The highest BCUT2D eigenvalue weighted by Gasteiger charge is 2.30. The van der Waals surface area contributed by atoms with Crippen LogP contribution in [0.4, 0.5) is 18.0 Å². The Hall–Kier alpha value is -2.64. The molecule has 24 heavy (non-hydrogen) atoms. The number of aromatic nitrogens is 2. The van der Waals surface area contributed by atoms with Crippen LogP contribution in [0.15, 0.2) is 36.5 Å². The van der Waals surface area contributed by atoms with Gasteiger partial charge in [-0.2, -0.15) is 13.2 Å². The molecule has 8 heteroatoms. The van der Waals surface area contributed by atoms with Gasteiger partial charge in [0.2, 0.25) is 0 Å². The maximum absolute atomic E-state index is 12.7. The van der Waals surface area contributed by atoms with Gasteiger partial charge >= 0.3 is 12.2 Å². The Morgan fingerprint density at radius 1 is 1.29 bits per heavy atom. The average Bonchev–Trinajstić information content (AvgIpc) is 2.52. The highest BCUT2D eigenvalue weighted by molar-refractivity contribution is 5.74. The molecule has 0 bridgehead atoms. The summed E-state index contributed by atoms with van der Waals surface area (Å²) < 4.78 is 38.2. The fourth-order valence-corrected chi connectivity index (χ4v) is 2.09. The molecule has 1 aromatic heterocycles. The number of alkyl halides is 3. The molecule has 0 spiro atoms. The molecular weight excluding hydrogens is 321 g/mol. The number of halogens is 3. The first-order valence-corrected chi connectivity index (χ1v) is 7.26. The highest BCUT2D eigenvalue weighted by atomic mass is 19.4. The second-order valence-corrected chi connectivity index (χ2v) is 5.27. The topological polar surface area (TPSA) is 66.9 Å². The SMILES string of the molecule is Cc1nccc(CNC(=O)N[C@@H](C)c2cccc(C(F)(F)F)c2)n1. The Bertz CT molecular complexity index is 718. The Morgan fingerprint density at radius 3 is 2.71 bits per heavy atom. The smallest absolute Gasteiger partial charge is 0.332 e. The molecule has 1 aromatic carbocycles. The lowest BCUT2D eigenvalue weighted by molar-refractivity contribution is -0.137. The quantitative estimate of drug-likeness (QED) is 0.898. The number of aryl methyl sites for hydroxylation is 1. The minimum Gasteiger partial charge on any atom is -0.332 e. The third-order valence-corrected chi connectivity index (χ3v) is 3.33. The van der Waals surface area contributed by atoms with Crippen LogP contribution in [-0.2, 0) is 12.7 Å². The van der Waals surface area contributed by atoms with Crippen molar-refractivity contribution in [2.75, 3.05) is 0 Å². The second-order valence-electron chi connectivity index (χ2n) is 5.27. The normalized spacial score (nSPS) is 12.5. The van der Waals surface area contributed by atoms with E-state index in [9.17, 15) is 18.0 Å². The molecule has 0 unspecified atom stereocenters. The molecular formula is C16H17F3N4O. The van der Waals surface area contributed by atoms with Gasteiger partial charge in [-0.15, -0.1) is 0 Å². The van der Waals surface area contributed by atoms with Crippen molar-refractivity contribution >= 4 is 6.03 Å². The predicted octanol–water partition coefficient (Wildman–Crippen LogP) is 3.36. The van der Waals surface area contributed by atoms with Crippen LogP contribution in [0.1, 0.15) is 35.6 Å². The summed E-state index contributed by atoms with van der Waals surface area (Å²) >= 11 is 0. The van der Waals surface area contributed by atoms with E-state index in [1.807, 2.05) is 0 Å². The number of hydrogen-bond acceptors (Lipinski definition) is 3. The summed E-state index contributed by atoms with van der Waals surface area (Å²) in [5.74, 6) is 0.590. The van der Waals surface area contributed by atoms with Crippen LogP contribution >= 0.6 is 0 Å². The maximum Gasteiger partial charge on any atom is 0.416 e. The van der Waals surface area contributed by atoms with Crippen molar-refractivity contribution in [1.82, 2.24) is 20.6 Å². The lowest BCUT2D eigenvalue weighted by Gasteiger charge is -2.16. The lowest BCUT2D eigenvalue weighted by Crippen LogP contribution is -2.36. The van der Waals surface area contributed by atoms with Crippen molar-refractivity contribution in [3.05, 3.63) is 59.2 Å². The zero-order chi connectivity index (χ0) is 17.7. The van der Waals surface area contributed by atoms with E-state index in [1.54, 1.807) is 26.1 Å². The van der Waals surface area contributed by atoms with E-state index in [-0.39, 0.29) is 6.54 Å². The second kappa shape index (κ2) is 7.29. The van der Waals surface area contributed by atoms with Crippen LogP contribution in [-0.4, -0.2) is 16.0 Å². The molecule has 2 rings (SSSR count). The van der Waals surface area contributed by atoms with Gasteiger partial charge in [0, 0.05) is 6.20 Å². The van der Waals surface area contributed by atoms with Crippen LogP contribution in [0.5, 0.6) is 0 Å². The zero-order valence-corrected chi connectivity index (χ0v) is 13.2. The van der Waals surface area contributed by atoms with Crippen LogP contribution in [0.2, 0.25) is 0 Å². The molecule has 0 radical (unpaired) electrons. The molecule has 2 N–H and O–H groups in total. The van der Waals surface area contributed by atoms with Crippen molar-refractivity contribution in [2.45, 2.75) is 32.6 Å². The minimum atomic E-state index is -4.41. The van der Waals surface area contributed by atoms with Crippen molar-refractivity contribution in [2.24, 2.45) is 0 Å². The molecule has 1 heterocycles. The summed E-state index contributed by atoms with van der Waals surface area (Å²) in [7, 11) is 0. The van der Waals surface area contributed by atoms with Crippen LogP contribution in [0, 0.1) is 6.92 Å². The average molecular weight is 338 g/mol. The number of benzene rings is 1. The first-order valence-electron chi connectivity index (χ1n) is 7.26. The zero-order valence-electron chi connectivity index (χ0n) is 13.2. The third kappa shape index (κ3) is 4.94. The van der Waals surface area contributed by atoms with Gasteiger partial charge in [-0.3, -0.25) is 0 Å². The molecule has 2 aromatic rings. The fourth-order valence-electron chi connectivity index (χ4n) is 2.09. The van der Waals surface area contributed by atoms with Crippen LogP contribution in [0.3, 0.4) is 0 Å². The van der Waals surface area contributed by atoms with Gasteiger partial charge in [0.15, 0.2) is 0 Å². The van der Waals surface area contributed by atoms with Gasteiger partial charge in [0.1, 0.15) is 5.82 Å². The lowest BCUT2D eigenvalue weighted by atomic mass is 10.1. The molecule has 5 nitrogen and oxygen atoms in total. The predicted molar refractivity (Wildman–Crippen MR) is 82.0 cm³/mol. The monoisotopic (exact) mass is 338 g/mol.